The van der Waals surface area contributed by atoms with Crippen LogP contribution in [0.1, 0.15) is 37.1 Å². The Morgan fingerprint density at radius 2 is 2.21 bits per heavy atom. The van der Waals surface area contributed by atoms with E-state index in [0.29, 0.717) is 6.04 Å². The minimum atomic E-state index is 0.711. The van der Waals surface area contributed by atoms with Gasteiger partial charge in [0.05, 0.1) is 15.9 Å². The molecule has 108 valence electrons. The molecule has 0 saturated carbocycles. The van der Waals surface area contributed by atoms with E-state index in [1.807, 2.05) is 18.8 Å². The molecule has 1 unspecified atom stereocenters. The molecule has 1 aromatic rings. The highest BCUT2D eigenvalue weighted by atomic mass is 79.9. The first-order valence-corrected chi connectivity index (χ1v) is 7.99. The molecule has 0 aliphatic carbocycles. The number of piperidine rings is 1. The van der Waals surface area contributed by atoms with Crippen LogP contribution in [0.5, 0.6) is 0 Å². The van der Waals surface area contributed by atoms with Crippen LogP contribution in [0.15, 0.2) is 4.47 Å². The molecule has 1 fully saturated rings. The number of likely N-dealkylation sites (tertiary alicyclic amines) is 1. The summed E-state index contributed by atoms with van der Waals surface area (Å²) in [7, 11) is 4.08. The van der Waals surface area contributed by atoms with Crippen molar-refractivity contribution in [2.45, 2.75) is 45.2 Å². The topological polar surface area (TPSA) is 33.1 Å². The molecule has 1 aliphatic rings. The van der Waals surface area contributed by atoms with Crippen molar-refractivity contribution in [1.82, 2.24) is 20.0 Å². The summed E-state index contributed by atoms with van der Waals surface area (Å²) >= 11 is 3.68. The molecular weight excluding hydrogens is 304 g/mol. The van der Waals surface area contributed by atoms with Gasteiger partial charge in [-0.05, 0) is 62.3 Å². The summed E-state index contributed by atoms with van der Waals surface area (Å²) in [6, 6.07) is 0.711. The fraction of sp³-hybridized carbons (Fsp3) is 0.786. The van der Waals surface area contributed by atoms with Gasteiger partial charge in [-0.3, -0.25) is 9.58 Å². The molecule has 1 atom stereocenters. The van der Waals surface area contributed by atoms with Gasteiger partial charge >= 0.3 is 0 Å². The van der Waals surface area contributed by atoms with Gasteiger partial charge in [-0.2, -0.15) is 5.10 Å². The molecule has 1 aliphatic heterocycles. The van der Waals surface area contributed by atoms with Crippen LogP contribution in [-0.2, 0) is 13.6 Å². The predicted octanol–water partition coefficient (Wildman–Crippen LogP) is 2.46. The predicted molar refractivity (Wildman–Crippen MR) is 82.2 cm³/mol. The molecule has 19 heavy (non-hydrogen) atoms. The Hall–Kier alpha value is -0.390. The summed E-state index contributed by atoms with van der Waals surface area (Å²) in [5.41, 5.74) is 2.38. The van der Waals surface area contributed by atoms with Crippen molar-refractivity contribution in [2.75, 3.05) is 20.1 Å². The molecule has 2 rings (SSSR count). The van der Waals surface area contributed by atoms with E-state index in [1.54, 1.807) is 0 Å². The summed E-state index contributed by atoms with van der Waals surface area (Å²) in [6.45, 7) is 5.38. The zero-order chi connectivity index (χ0) is 13.8. The number of halogens is 1. The number of hydrogen-bond donors (Lipinski definition) is 1. The van der Waals surface area contributed by atoms with Crippen molar-refractivity contribution in [3.05, 3.63) is 15.9 Å². The molecule has 1 saturated heterocycles. The Kier molecular flexibility index (Phi) is 5.42. The van der Waals surface area contributed by atoms with Gasteiger partial charge in [0, 0.05) is 19.6 Å². The van der Waals surface area contributed by atoms with Crippen LogP contribution in [0, 0.1) is 6.92 Å². The first kappa shape index (κ1) is 15.0. The van der Waals surface area contributed by atoms with E-state index in [2.05, 4.69) is 38.2 Å². The lowest BCUT2D eigenvalue weighted by Gasteiger charge is -2.35. The molecule has 0 spiro atoms. The Morgan fingerprint density at radius 3 is 2.84 bits per heavy atom. The monoisotopic (exact) mass is 328 g/mol. The van der Waals surface area contributed by atoms with Gasteiger partial charge in [-0.15, -0.1) is 0 Å². The third-order valence-corrected chi connectivity index (χ3v) is 5.12. The highest BCUT2D eigenvalue weighted by Gasteiger charge is 2.24. The van der Waals surface area contributed by atoms with Crippen LogP contribution < -0.4 is 5.32 Å². The largest absolute Gasteiger partial charge is 0.320 e. The molecule has 1 N–H and O–H groups in total. The van der Waals surface area contributed by atoms with Crippen LogP contribution in [0.25, 0.3) is 0 Å². The molecule has 0 aromatic carbocycles. The lowest BCUT2D eigenvalue weighted by molar-refractivity contribution is 0.129. The molecule has 5 heteroatoms. The Balaban J connectivity index is 2.06. The summed E-state index contributed by atoms with van der Waals surface area (Å²) in [5, 5.41) is 7.77. The van der Waals surface area contributed by atoms with Gasteiger partial charge in [0.15, 0.2) is 0 Å². The Labute approximate surface area is 124 Å². The van der Waals surface area contributed by atoms with Crippen molar-refractivity contribution in [3.63, 3.8) is 0 Å². The van der Waals surface area contributed by atoms with Gasteiger partial charge in [0.2, 0.25) is 0 Å². The number of nitrogens with zero attached hydrogens (tertiary/aromatic N) is 3. The molecule has 0 radical (unpaired) electrons. The van der Waals surface area contributed by atoms with Crippen molar-refractivity contribution >= 4 is 15.9 Å². The molecule has 0 bridgehead atoms. The zero-order valence-corrected chi connectivity index (χ0v) is 13.8. The third-order valence-electron chi connectivity index (χ3n) is 4.09. The van der Waals surface area contributed by atoms with Crippen molar-refractivity contribution in [3.8, 4) is 0 Å². The highest BCUT2D eigenvalue weighted by Crippen LogP contribution is 2.26. The van der Waals surface area contributed by atoms with Crippen LogP contribution in [0.3, 0.4) is 0 Å². The van der Waals surface area contributed by atoms with Crippen LogP contribution in [0.4, 0.5) is 0 Å². The highest BCUT2D eigenvalue weighted by molar-refractivity contribution is 9.10. The van der Waals surface area contributed by atoms with E-state index >= 15 is 0 Å². The zero-order valence-electron chi connectivity index (χ0n) is 12.2. The molecule has 4 nitrogen and oxygen atoms in total. The summed E-state index contributed by atoms with van der Waals surface area (Å²) in [4.78, 5) is 2.63. The Morgan fingerprint density at radius 1 is 1.42 bits per heavy atom. The SMILES string of the molecule is CNCCC1CCCCN1Cc1c(Br)c(C)nn1C. The summed E-state index contributed by atoms with van der Waals surface area (Å²) in [5.74, 6) is 0. The maximum absolute atomic E-state index is 4.49. The second kappa shape index (κ2) is 6.86. The molecule has 0 amide bonds. The molecule has 2 heterocycles. The number of nitrogens with one attached hydrogen (secondary N) is 1. The smallest absolute Gasteiger partial charge is 0.0739 e. The van der Waals surface area contributed by atoms with E-state index < -0.39 is 0 Å². The van der Waals surface area contributed by atoms with Crippen LogP contribution in [0.2, 0.25) is 0 Å². The van der Waals surface area contributed by atoms with Gasteiger partial charge in [-0.1, -0.05) is 6.42 Å². The second-order valence-electron chi connectivity index (χ2n) is 5.48. The van der Waals surface area contributed by atoms with E-state index in [-0.39, 0.29) is 0 Å². The number of aryl methyl sites for hydroxylation is 2. The summed E-state index contributed by atoms with van der Waals surface area (Å²) < 4.78 is 3.19. The molecule has 1 aromatic heterocycles. The first-order chi connectivity index (χ1) is 9.13. The normalized spacial score (nSPS) is 20.9. The van der Waals surface area contributed by atoms with E-state index in [9.17, 15) is 0 Å². The summed E-state index contributed by atoms with van der Waals surface area (Å²) in [6.07, 6.45) is 5.27. The lowest BCUT2D eigenvalue weighted by atomic mass is 9.99. The average molecular weight is 329 g/mol. The number of aromatic nitrogens is 2. The van der Waals surface area contributed by atoms with Crippen LogP contribution in [-0.4, -0.2) is 40.9 Å². The Bertz CT molecular complexity index is 416. The lowest BCUT2D eigenvalue weighted by Crippen LogP contribution is -2.40. The number of rotatable bonds is 5. The fourth-order valence-corrected chi connectivity index (χ4v) is 3.41. The number of hydrogen-bond acceptors (Lipinski definition) is 3. The van der Waals surface area contributed by atoms with Crippen molar-refractivity contribution in [2.24, 2.45) is 7.05 Å². The van der Waals surface area contributed by atoms with Crippen molar-refractivity contribution in [1.29, 1.82) is 0 Å². The van der Waals surface area contributed by atoms with E-state index in [1.165, 1.54) is 42.4 Å². The van der Waals surface area contributed by atoms with Gasteiger partial charge in [-0.25, -0.2) is 0 Å². The maximum atomic E-state index is 4.49. The van der Waals surface area contributed by atoms with Gasteiger partial charge in [0.1, 0.15) is 0 Å². The average Bonchev–Trinajstić information content (AvgIpc) is 2.64. The van der Waals surface area contributed by atoms with Gasteiger partial charge < -0.3 is 5.32 Å². The van der Waals surface area contributed by atoms with Crippen molar-refractivity contribution < 1.29 is 0 Å². The first-order valence-electron chi connectivity index (χ1n) is 7.20. The minimum absolute atomic E-state index is 0.711. The van der Waals surface area contributed by atoms with E-state index in [0.717, 1.165) is 18.8 Å². The second-order valence-corrected chi connectivity index (χ2v) is 6.28. The molecular formula is C14H25BrN4. The van der Waals surface area contributed by atoms with Gasteiger partial charge in [0.25, 0.3) is 0 Å². The maximum Gasteiger partial charge on any atom is 0.0739 e. The minimum Gasteiger partial charge on any atom is -0.320 e. The fourth-order valence-electron chi connectivity index (χ4n) is 2.95. The third kappa shape index (κ3) is 3.58. The van der Waals surface area contributed by atoms with Crippen LogP contribution >= 0.6 is 15.9 Å². The van der Waals surface area contributed by atoms with E-state index in [4.69, 9.17) is 0 Å². The standard InChI is InChI=1S/C14H25BrN4/c1-11-14(15)13(18(3)17-11)10-19-9-5-4-6-12(19)7-8-16-2/h12,16H,4-10H2,1-3H3. The quantitative estimate of drug-likeness (QED) is 0.901.